The van der Waals surface area contributed by atoms with Gasteiger partial charge in [-0.05, 0) is 50.7 Å². The number of nitrogens with zero attached hydrogens (tertiary/aromatic N) is 3. The summed E-state index contributed by atoms with van der Waals surface area (Å²) in [5.74, 6) is 0.00181. The second-order valence-electron chi connectivity index (χ2n) is 11.6. The molecule has 1 N–H and O–H groups in total. The first-order valence-electron chi connectivity index (χ1n) is 14.1. The molecule has 0 radical (unpaired) electrons. The van der Waals surface area contributed by atoms with E-state index < -0.39 is 5.60 Å². The van der Waals surface area contributed by atoms with E-state index in [1.807, 2.05) is 80.3 Å². The highest BCUT2D eigenvalue weighted by molar-refractivity contribution is 6.00. The van der Waals surface area contributed by atoms with Crippen molar-refractivity contribution in [3.63, 3.8) is 0 Å². The Labute approximate surface area is 237 Å². The first kappa shape index (κ1) is 29.3. The largest absolute Gasteiger partial charge is 0.388 e. The fraction of sp³-hybridized carbons (Fsp3) is 0.424. The molecule has 0 spiro atoms. The summed E-state index contributed by atoms with van der Waals surface area (Å²) in [4.78, 5) is 43.2. The number of aliphatic hydroxyl groups is 1. The highest BCUT2D eigenvalue weighted by Crippen LogP contribution is 2.28. The van der Waals surface area contributed by atoms with Crippen LogP contribution in [0.2, 0.25) is 0 Å². The fourth-order valence-electron chi connectivity index (χ4n) is 5.20. The monoisotopic (exact) mass is 543 g/mol. The van der Waals surface area contributed by atoms with Gasteiger partial charge in [0.15, 0.2) is 0 Å². The molecule has 1 aliphatic heterocycles. The molecular formula is C33H41N3O4. The number of amides is 2. The molecule has 1 aliphatic rings. The van der Waals surface area contributed by atoms with Crippen LogP contribution in [0.25, 0.3) is 11.1 Å². The molecule has 1 fully saturated rings. The number of piperidine rings is 1. The Morgan fingerprint density at radius 2 is 1.62 bits per heavy atom. The first-order valence-corrected chi connectivity index (χ1v) is 14.1. The van der Waals surface area contributed by atoms with Gasteiger partial charge in [0.2, 0.25) is 5.91 Å². The number of likely N-dealkylation sites (tertiary alicyclic amines) is 1. The Hall–Kier alpha value is -3.71. The van der Waals surface area contributed by atoms with Gasteiger partial charge in [0.1, 0.15) is 0 Å². The maximum Gasteiger partial charge on any atom is 0.255 e. The van der Waals surface area contributed by atoms with Crippen LogP contribution < -0.4 is 5.56 Å². The summed E-state index contributed by atoms with van der Waals surface area (Å²) in [6.45, 7) is 8.84. The normalized spacial score (nSPS) is 15.6. The number of pyridine rings is 1. The second-order valence-corrected chi connectivity index (χ2v) is 11.6. The lowest BCUT2D eigenvalue weighted by atomic mass is 9.90. The SMILES string of the molecule is Cc1ccc(-c2cc(=O)n(CC3(O)CCN(C(=O)CC(C)c4ccccc4)CC3)cc2C(=O)N(C)C(C)C)cc1. The fourth-order valence-corrected chi connectivity index (χ4v) is 5.20. The molecule has 0 aliphatic carbocycles. The minimum Gasteiger partial charge on any atom is -0.388 e. The van der Waals surface area contributed by atoms with Crippen molar-refractivity contribution in [2.45, 2.75) is 71.1 Å². The zero-order valence-electron chi connectivity index (χ0n) is 24.3. The Bertz CT molecular complexity index is 1390. The number of carbonyl (C=O) groups is 2. The molecule has 0 saturated carbocycles. The van der Waals surface area contributed by atoms with Crippen molar-refractivity contribution in [2.24, 2.45) is 0 Å². The minimum absolute atomic E-state index is 0.0191. The minimum atomic E-state index is -1.15. The summed E-state index contributed by atoms with van der Waals surface area (Å²) >= 11 is 0. The third kappa shape index (κ3) is 6.70. The molecule has 212 valence electrons. The average Bonchev–Trinajstić information content (AvgIpc) is 2.94. The summed E-state index contributed by atoms with van der Waals surface area (Å²) in [5, 5.41) is 11.5. The van der Waals surface area contributed by atoms with Gasteiger partial charge < -0.3 is 19.5 Å². The number of rotatable bonds is 8. The lowest BCUT2D eigenvalue weighted by Crippen LogP contribution is -2.49. The van der Waals surface area contributed by atoms with E-state index in [1.54, 1.807) is 18.1 Å². The van der Waals surface area contributed by atoms with Gasteiger partial charge in [0, 0.05) is 50.4 Å². The third-order valence-electron chi connectivity index (χ3n) is 8.17. The van der Waals surface area contributed by atoms with Gasteiger partial charge in [-0.1, -0.05) is 67.1 Å². The molecular weight excluding hydrogens is 502 g/mol. The van der Waals surface area contributed by atoms with Crippen molar-refractivity contribution in [3.05, 3.63) is 93.9 Å². The van der Waals surface area contributed by atoms with Crippen molar-refractivity contribution in [2.75, 3.05) is 20.1 Å². The molecule has 1 unspecified atom stereocenters. The highest BCUT2D eigenvalue weighted by atomic mass is 16.3. The first-order chi connectivity index (χ1) is 19.0. The Morgan fingerprint density at radius 3 is 2.23 bits per heavy atom. The topological polar surface area (TPSA) is 82.9 Å². The van der Waals surface area contributed by atoms with E-state index in [4.69, 9.17) is 0 Å². The van der Waals surface area contributed by atoms with Crippen LogP contribution in [0, 0.1) is 6.92 Å². The van der Waals surface area contributed by atoms with Crippen LogP contribution in [0.1, 0.15) is 67.4 Å². The van der Waals surface area contributed by atoms with Crippen LogP contribution in [0.15, 0.2) is 71.7 Å². The van der Waals surface area contributed by atoms with Gasteiger partial charge in [-0.3, -0.25) is 14.4 Å². The molecule has 2 heterocycles. The Morgan fingerprint density at radius 1 is 1.00 bits per heavy atom. The van der Waals surface area contributed by atoms with Crippen LogP contribution in [0.5, 0.6) is 0 Å². The number of aromatic nitrogens is 1. The summed E-state index contributed by atoms with van der Waals surface area (Å²) in [6, 6.07) is 19.2. The van der Waals surface area contributed by atoms with E-state index in [9.17, 15) is 19.5 Å². The van der Waals surface area contributed by atoms with Gasteiger partial charge in [-0.2, -0.15) is 0 Å². The zero-order valence-corrected chi connectivity index (χ0v) is 24.3. The van der Waals surface area contributed by atoms with Gasteiger partial charge >= 0.3 is 0 Å². The van der Waals surface area contributed by atoms with Gasteiger partial charge in [-0.25, -0.2) is 0 Å². The lowest BCUT2D eigenvalue weighted by molar-refractivity contribution is -0.136. The van der Waals surface area contributed by atoms with E-state index in [2.05, 4.69) is 6.92 Å². The predicted molar refractivity (Wildman–Crippen MR) is 158 cm³/mol. The smallest absolute Gasteiger partial charge is 0.255 e. The maximum atomic E-state index is 13.5. The van der Waals surface area contributed by atoms with Crippen molar-refractivity contribution >= 4 is 11.8 Å². The molecule has 2 aromatic carbocycles. The number of hydrogen-bond acceptors (Lipinski definition) is 4. The van der Waals surface area contributed by atoms with Crippen LogP contribution in [0.3, 0.4) is 0 Å². The molecule has 0 bridgehead atoms. The van der Waals surface area contributed by atoms with Crippen molar-refractivity contribution in [3.8, 4) is 11.1 Å². The average molecular weight is 544 g/mol. The van der Waals surface area contributed by atoms with Crippen molar-refractivity contribution in [1.29, 1.82) is 0 Å². The molecule has 7 nitrogen and oxygen atoms in total. The van der Waals surface area contributed by atoms with E-state index >= 15 is 0 Å². The number of aryl methyl sites for hydroxylation is 1. The van der Waals surface area contributed by atoms with Crippen LogP contribution >= 0.6 is 0 Å². The van der Waals surface area contributed by atoms with E-state index in [0.717, 1.165) is 16.7 Å². The molecule has 4 rings (SSSR count). The molecule has 2 amide bonds. The third-order valence-corrected chi connectivity index (χ3v) is 8.17. The summed E-state index contributed by atoms with van der Waals surface area (Å²) < 4.78 is 1.45. The van der Waals surface area contributed by atoms with Crippen LogP contribution in [-0.4, -0.2) is 63.1 Å². The van der Waals surface area contributed by atoms with Crippen molar-refractivity contribution in [1.82, 2.24) is 14.4 Å². The predicted octanol–water partition coefficient (Wildman–Crippen LogP) is 4.85. The van der Waals surface area contributed by atoms with Gasteiger partial charge in [0.05, 0.1) is 17.7 Å². The molecule has 3 aromatic rings. The van der Waals surface area contributed by atoms with Gasteiger partial charge in [-0.15, -0.1) is 0 Å². The maximum absolute atomic E-state index is 13.5. The number of carbonyl (C=O) groups excluding carboxylic acids is 2. The van der Waals surface area contributed by atoms with Crippen molar-refractivity contribution < 1.29 is 14.7 Å². The van der Waals surface area contributed by atoms with E-state index in [0.29, 0.717) is 43.5 Å². The summed E-state index contributed by atoms with van der Waals surface area (Å²) in [7, 11) is 1.75. The van der Waals surface area contributed by atoms with Crippen LogP contribution in [-0.2, 0) is 11.3 Å². The molecule has 1 aromatic heterocycles. The number of benzene rings is 2. The lowest BCUT2D eigenvalue weighted by Gasteiger charge is -2.39. The zero-order chi connectivity index (χ0) is 29.0. The Kier molecular flexibility index (Phi) is 8.94. The van der Waals surface area contributed by atoms with E-state index in [-0.39, 0.29) is 35.9 Å². The Balaban J connectivity index is 1.52. The summed E-state index contributed by atoms with van der Waals surface area (Å²) in [6.07, 6.45) is 2.73. The van der Waals surface area contributed by atoms with Gasteiger partial charge in [0.25, 0.3) is 11.5 Å². The van der Waals surface area contributed by atoms with E-state index in [1.165, 1.54) is 10.6 Å². The molecule has 40 heavy (non-hydrogen) atoms. The molecule has 1 saturated heterocycles. The van der Waals surface area contributed by atoms with Crippen LogP contribution in [0.4, 0.5) is 0 Å². The quantitative estimate of drug-likeness (QED) is 0.440. The standard InChI is InChI=1S/C33H41N3O4/c1-23(2)34(5)32(39)29-21-36(31(38)20-28(29)27-13-11-24(3)12-14-27)22-33(40)15-17-35(18-16-33)30(37)19-25(4)26-9-7-6-8-10-26/h6-14,20-21,23,25,40H,15-19,22H2,1-5H3. The molecule has 7 heteroatoms. The number of hydrogen-bond donors (Lipinski definition) is 1. The second kappa shape index (κ2) is 12.2. The molecule has 1 atom stereocenters. The summed E-state index contributed by atoms with van der Waals surface area (Å²) in [5.41, 5.74) is 2.59. The highest BCUT2D eigenvalue weighted by Gasteiger charge is 2.35.